The average molecular weight is 348 g/mol. The lowest BCUT2D eigenvalue weighted by Gasteiger charge is -2.32. The summed E-state index contributed by atoms with van der Waals surface area (Å²) in [6, 6.07) is 7.27. The number of ether oxygens (including phenoxy) is 2. The van der Waals surface area contributed by atoms with Crippen LogP contribution in [0.1, 0.15) is 26.7 Å². The van der Waals surface area contributed by atoms with Crippen LogP contribution in [0.25, 0.3) is 0 Å². The molecule has 1 aromatic rings. The van der Waals surface area contributed by atoms with E-state index in [0.29, 0.717) is 24.8 Å². The molecule has 0 saturated carbocycles. The van der Waals surface area contributed by atoms with Crippen LogP contribution in [-0.4, -0.2) is 61.5 Å². The van der Waals surface area contributed by atoms with E-state index < -0.39 is 0 Å². The Morgan fingerprint density at radius 2 is 1.92 bits per heavy atom. The van der Waals surface area contributed by atoms with Gasteiger partial charge in [-0.2, -0.15) is 0 Å². The molecule has 1 unspecified atom stereocenters. The summed E-state index contributed by atoms with van der Waals surface area (Å²) in [7, 11) is 1.61. The van der Waals surface area contributed by atoms with Crippen molar-refractivity contribution in [3.05, 3.63) is 24.3 Å². The quantitative estimate of drug-likeness (QED) is 0.758. The number of methoxy groups -OCH3 is 1. The molecule has 1 aliphatic rings. The van der Waals surface area contributed by atoms with Crippen molar-refractivity contribution in [2.75, 3.05) is 39.9 Å². The molecule has 1 aromatic carbocycles. The topological polar surface area (TPSA) is 59.1 Å². The highest BCUT2D eigenvalue weighted by molar-refractivity contribution is 5.83. The normalized spacial score (nSPS) is 17.1. The highest BCUT2D eigenvalue weighted by Gasteiger charge is 2.23. The van der Waals surface area contributed by atoms with Gasteiger partial charge in [-0.05, 0) is 43.0 Å². The third-order valence-corrected chi connectivity index (χ3v) is 4.47. The summed E-state index contributed by atoms with van der Waals surface area (Å²) < 4.78 is 10.8. The molecule has 1 saturated heterocycles. The lowest BCUT2D eigenvalue weighted by atomic mass is 10.0. The second-order valence-electron chi connectivity index (χ2n) is 6.55. The van der Waals surface area contributed by atoms with E-state index in [0.717, 1.165) is 31.7 Å². The number of hydrogen-bond acceptors (Lipinski definition) is 4. The Bertz CT molecular complexity index is 573. The Morgan fingerprint density at radius 1 is 1.24 bits per heavy atom. The van der Waals surface area contributed by atoms with Gasteiger partial charge in [-0.15, -0.1) is 0 Å². The maximum Gasteiger partial charge on any atom is 0.242 e. The van der Waals surface area contributed by atoms with Gasteiger partial charge < -0.3 is 19.3 Å². The fraction of sp³-hybridized carbons (Fsp3) is 0.579. The maximum atomic E-state index is 12.4. The van der Waals surface area contributed by atoms with Gasteiger partial charge in [-0.25, -0.2) is 0 Å². The number of piperidine rings is 1. The van der Waals surface area contributed by atoms with Gasteiger partial charge >= 0.3 is 0 Å². The van der Waals surface area contributed by atoms with Crippen molar-refractivity contribution in [2.24, 2.45) is 5.92 Å². The Labute approximate surface area is 149 Å². The largest absolute Gasteiger partial charge is 0.497 e. The Hall–Kier alpha value is -2.24. The van der Waals surface area contributed by atoms with Crippen LogP contribution >= 0.6 is 0 Å². The van der Waals surface area contributed by atoms with Gasteiger partial charge in [0.25, 0.3) is 0 Å². The summed E-state index contributed by atoms with van der Waals surface area (Å²) in [6.07, 6.45) is 2.20. The van der Waals surface area contributed by atoms with E-state index in [4.69, 9.17) is 9.47 Å². The predicted molar refractivity (Wildman–Crippen MR) is 95.7 cm³/mol. The number of rotatable bonds is 7. The molecular weight excluding hydrogens is 320 g/mol. The number of carbonyl (C=O) groups excluding carboxylic acids is 2. The molecule has 1 aliphatic heterocycles. The molecule has 2 amide bonds. The molecule has 0 spiro atoms. The molecule has 1 atom stereocenters. The van der Waals surface area contributed by atoms with Crippen LogP contribution in [0.15, 0.2) is 24.3 Å². The Balaban J connectivity index is 1.81. The first-order chi connectivity index (χ1) is 12.0. The third-order valence-electron chi connectivity index (χ3n) is 4.47. The molecule has 6 nitrogen and oxygen atoms in total. The zero-order chi connectivity index (χ0) is 18.2. The molecular formula is C19H28N2O4. The van der Waals surface area contributed by atoms with Crippen LogP contribution in [0, 0.1) is 5.92 Å². The van der Waals surface area contributed by atoms with Gasteiger partial charge in [0.1, 0.15) is 18.1 Å². The molecule has 0 bridgehead atoms. The first-order valence-electron chi connectivity index (χ1n) is 8.79. The van der Waals surface area contributed by atoms with Gasteiger partial charge in [-0.3, -0.25) is 9.59 Å². The van der Waals surface area contributed by atoms with Crippen molar-refractivity contribution in [1.29, 1.82) is 0 Å². The van der Waals surface area contributed by atoms with E-state index in [2.05, 4.69) is 6.92 Å². The summed E-state index contributed by atoms with van der Waals surface area (Å²) in [4.78, 5) is 27.7. The summed E-state index contributed by atoms with van der Waals surface area (Å²) in [6.45, 7) is 6.06. The smallest absolute Gasteiger partial charge is 0.242 e. The number of hydrogen-bond donors (Lipinski definition) is 0. The van der Waals surface area contributed by atoms with E-state index in [1.165, 1.54) is 6.92 Å². The van der Waals surface area contributed by atoms with Gasteiger partial charge in [0, 0.05) is 20.0 Å². The van der Waals surface area contributed by atoms with Gasteiger partial charge in [0.2, 0.25) is 11.8 Å². The van der Waals surface area contributed by atoms with Crippen molar-refractivity contribution < 1.29 is 19.1 Å². The highest BCUT2D eigenvalue weighted by Crippen LogP contribution is 2.17. The number of benzene rings is 1. The monoisotopic (exact) mass is 348 g/mol. The lowest BCUT2D eigenvalue weighted by Crippen LogP contribution is -2.46. The molecule has 2 rings (SSSR count). The minimum absolute atomic E-state index is 0.0196. The highest BCUT2D eigenvalue weighted by atomic mass is 16.5. The van der Waals surface area contributed by atoms with Crippen LogP contribution in [0.2, 0.25) is 0 Å². The Kier molecular flexibility index (Phi) is 7.10. The average Bonchev–Trinajstić information content (AvgIpc) is 2.61. The van der Waals surface area contributed by atoms with Gasteiger partial charge in [0.05, 0.1) is 20.2 Å². The third kappa shape index (κ3) is 5.96. The summed E-state index contributed by atoms with van der Waals surface area (Å²) in [5.74, 6) is 1.91. The zero-order valence-electron chi connectivity index (χ0n) is 15.4. The number of amides is 2. The van der Waals surface area contributed by atoms with Crippen LogP contribution in [0.3, 0.4) is 0 Å². The predicted octanol–water partition coefficient (Wildman–Crippen LogP) is 2.18. The van der Waals surface area contributed by atoms with E-state index in [9.17, 15) is 9.59 Å². The SMILES string of the molecule is COc1ccc(OCCN(CC(=O)N2CCCC(C)C2)C(C)=O)cc1. The van der Waals surface area contributed by atoms with Gasteiger partial charge in [0.15, 0.2) is 0 Å². The molecule has 1 fully saturated rings. The lowest BCUT2D eigenvalue weighted by molar-refractivity contribution is -0.140. The molecule has 1 heterocycles. The molecule has 25 heavy (non-hydrogen) atoms. The van der Waals surface area contributed by atoms with E-state index in [-0.39, 0.29) is 18.4 Å². The number of carbonyl (C=O) groups is 2. The molecule has 6 heteroatoms. The fourth-order valence-electron chi connectivity index (χ4n) is 2.97. The maximum absolute atomic E-state index is 12.4. The van der Waals surface area contributed by atoms with Gasteiger partial charge in [-0.1, -0.05) is 6.92 Å². The number of likely N-dealkylation sites (tertiary alicyclic amines) is 1. The van der Waals surface area contributed by atoms with Crippen LogP contribution in [0.4, 0.5) is 0 Å². The molecule has 0 radical (unpaired) electrons. The van der Waals surface area contributed by atoms with E-state index in [1.807, 2.05) is 29.2 Å². The zero-order valence-corrected chi connectivity index (χ0v) is 15.4. The first-order valence-corrected chi connectivity index (χ1v) is 8.79. The molecule has 138 valence electrons. The minimum atomic E-state index is -0.114. The summed E-state index contributed by atoms with van der Waals surface area (Å²) in [5.41, 5.74) is 0. The molecule has 0 N–H and O–H groups in total. The van der Waals surface area contributed by atoms with Crippen LogP contribution in [-0.2, 0) is 9.59 Å². The van der Waals surface area contributed by atoms with E-state index in [1.54, 1.807) is 12.0 Å². The van der Waals surface area contributed by atoms with Crippen molar-refractivity contribution in [2.45, 2.75) is 26.7 Å². The van der Waals surface area contributed by atoms with Crippen molar-refractivity contribution in [1.82, 2.24) is 9.80 Å². The van der Waals surface area contributed by atoms with Crippen molar-refractivity contribution >= 4 is 11.8 Å². The van der Waals surface area contributed by atoms with E-state index >= 15 is 0 Å². The summed E-state index contributed by atoms with van der Waals surface area (Å²) >= 11 is 0. The Morgan fingerprint density at radius 3 is 2.52 bits per heavy atom. The fourth-order valence-corrected chi connectivity index (χ4v) is 2.97. The first kappa shape index (κ1) is 19.1. The van der Waals surface area contributed by atoms with Crippen LogP contribution < -0.4 is 9.47 Å². The van der Waals surface area contributed by atoms with Crippen LogP contribution in [0.5, 0.6) is 11.5 Å². The second-order valence-corrected chi connectivity index (χ2v) is 6.55. The molecule has 0 aliphatic carbocycles. The van der Waals surface area contributed by atoms with Crippen molar-refractivity contribution in [3.8, 4) is 11.5 Å². The summed E-state index contributed by atoms with van der Waals surface area (Å²) in [5, 5.41) is 0. The minimum Gasteiger partial charge on any atom is -0.497 e. The van der Waals surface area contributed by atoms with Crippen molar-refractivity contribution in [3.63, 3.8) is 0 Å². The molecule has 0 aromatic heterocycles. The standard InChI is InChI=1S/C19H28N2O4/c1-15-5-4-10-21(13-15)19(23)14-20(16(2)22)11-12-25-18-8-6-17(24-3)7-9-18/h6-9,15H,4-5,10-14H2,1-3H3. The second kappa shape index (κ2) is 9.30. The number of nitrogens with zero attached hydrogens (tertiary/aromatic N) is 2.